The lowest BCUT2D eigenvalue weighted by Gasteiger charge is -2.14. The Balaban J connectivity index is 2.13. The van der Waals surface area contributed by atoms with Crippen molar-refractivity contribution in [2.75, 3.05) is 43.3 Å². The number of hydrogen-bond donors (Lipinski definition) is 2. The number of hydrogen-bond acceptors (Lipinski definition) is 7. The molecule has 0 saturated carbocycles. The van der Waals surface area contributed by atoms with Gasteiger partial charge in [-0.15, -0.1) is 0 Å². The Hall–Kier alpha value is -1.63. The number of aromatic nitrogens is 3. The molecule has 2 rings (SSSR count). The molecule has 1 aliphatic heterocycles. The highest BCUT2D eigenvalue weighted by Crippen LogP contribution is 2.13. The van der Waals surface area contributed by atoms with E-state index < -0.39 is 0 Å². The number of nitrogens with one attached hydrogen (secondary N) is 1. The highest BCUT2D eigenvalue weighted by molar-refractivity contribution is 5.41. The van der Waals surface area contributed by atoms with Crippen LogP contribution < -0.4 is 16.0 Å². The van der Waals surface area contributed by atoms with E-state index in [9.17, 15) is 0 Å². The monoisotopic (exact) mass is 224 g/mol. The molecule has 0 bridgehead atoms. The third-order valence-corrected chi connectivity index (χ3v) is 2.30. The lowest BCUT2D eigenvalue weighted by Crippen LogP contribution is -2.23. The predicted octanol–water partition coefficient (Wildman–Crippen LogP) is -0.279. The highest BCUT2D eigenvalue weighted by Gasteiger charge is 2.17. The average molecular weight is 224 g/mol. The van der Waals surface area contributed by atoms with Crippen molar-refractivity contribution >= 4 is 17.8 Å². The van der Waals surface area contributed by atoms with Gasteiger partial charge in [-0.1, -0.05) is 0 Å². The second-order valence-electron chi connectivity index (χ2n) is 3.92. The van der Waals surface area contributed by atoms with Gasteiger partial charge in [0.1, 0.15) is 0 Å². The van der Waals surface area contributed by atoms with Crippen molar-refractivity contribution in [3.8, 4) is 0 Å². The number of rotatable bonds is 3. The minimum absolute atomic E-state index is 0.222. The van der Waals surface area contributed by atoms with Gasteiger partial charge in [0.05, 0.1) is 12.6 Å². The van der Waals surface area contributed by atoms with Crippen LogP contribution in [-0.2, 0) is 4.74 Å². The summed E-state index contributed by atoms with van der Waals surface area (Å²) in [5.41, 5.74) is 5.61. The molecule has 7 nitrogen and oxygen atoms in total. The van der Waals surface area contributed by atoms with Gasteiger partial charge in [-0.25, -0.2) is 0 Å². The van der Waals surface area contributed by atoms with Crippen molar-refractivity contribution in [3.63, 3.8) is 0 Å². The fraction of sp³-hybridized carbons (Fsp3) is 0.667. The van der Waals surface area contributed by atoms with Gasteiger partial charge in [0.25, 0.3) is 0 Å². The maximum atomic E-state index is 5.61. The van der Waals surface area contributed by atoms with Crippen LogP contribution in [0, 0.1) is 0 Å². The third-order valence-electron chi connectivity index (χ3n) is 2.30. The molecular formula is C9H16N6O. The zero-order valence-electron chi connectivity index (χ0n) is 9.47. The normalized spacial score (nSPS) is 19.8. The standard InChI is InChI=1S/C9H16N6O/c1-15(2)9-13-7(10)12-8(14-9)11-6-3-4-16-5-6/h6H,3-5H2,1-2H3,(H3,10,11,12,13,14). The quantitative estimate of drug-likeness (QED) is 0.729. The molecule has 1 aromatic heterocycles. The Bertz CT molecular complexity index is 363. The second-order valence-corrected chi connectivity index (χ2v) is 3.92. The van der Waals surface area contributed by atoms with E-state index in [4.69, 9.17) is 10.5 Å². The summed E-state index contributed by atoms with van der Waals surface area (Å²) in [6.07, 6.45) is 0.961. The molecule has 0 aliphatic carbocycles. The average Bonchev–Trinajstić information content (AvgIpc) is 2.69. The molecule has 2 heterocycles. The van der Waals surface area contributed by atoms with E-state index in [0.29, 0.717) is 18.5 Å². The van der Waals surface area contributed by atoms with Crippen molar-refractivity contribution in [1.82, 2.24) is 15.0 Å². The van der Waals surface area contributed by atoms with Crippen LogP contribution >= 0.6 is 0 Å². The number of nitrogens with two attached hydrogens (primary N) is 1. The molecule has 0 amide bonds. The van der Waals surface area contributed by atoms with E-state index in [1.807, 2.05) is 14.1 Å². The highest BCUT2D eigenvalue weighted by atomic mass is 16.5. The topological polar surface area (TPSA) is 89.2 Å². The summed E-state index contributed by atoms with van der Waals surface area (Å²) in [6.45, 7) is 1.46. The largest absolute Gasteiger partial charge is 0.379 e. The molecule has 1 fully saturated rings. The number of anilines is 3. The molecule has 0 spiro atoms. The Labute approximate surface area is 94.0 Å². The van der Waals surface area contributed by atoms with Crippen LogP contribution in [-0.4, -0.2) is 48.3 Å². The number of ether oxygens (including phenoxy) is 1. The first-order valence-electron chi connectivity index (χ1n) is 5.18. The van der Waals surface area contributed by atoms with E-state index >= 15 is 0 Å². The van der Waals surface area contributed by atoms with E-state index in [1.54, 1.807) is 4.90 Å². The molecule has 1 saturated heterocycles. The fourth-order valence-electron chi connectivity index (χ4n) is 1.48. The summed E-state index contributed by atoms with van der Waals surface area (Å²) in [4.78, 5) is 14.1. The van der Waals surface area contributed by atoms with E-state index in [0.717, 1.165) is 13.0 Å². The van der Waals surface area contributed by atoms with Crippen molar-refractivity contribution in [1.29, 1.82) is 0 Å². The first-order chi connectivity index (χ1) is 7.65. The van der Waals surface area contributed by atoms with Gasteiger partial charge in [0, 0.05) is 20.7 Å². The molecule has 3 N–H and O–H groups in total. The first-order valence-corrected chi connectivity index (χ1v) is 5.18. The molecule has 0 aromatic carbocycles. The molecular weight excluding hydrogens is 208 g/mol. The third kappa shape index (κ3) is 2.48. The van der Waals surface area contributed by atoms with Crippen LogP contribution in [0.5, 0.6) is 0 Å². The van der Waals surface area contributed by atoms with Crippen LogP contribution in [0.1, 0.15) is 6.42 Å². The van der Waals surface area contributed by atoms with Gasteiger partial charge in [0.2, 0.25) is 17.8 Å². The predicted molar refractivity (Wildman–Crippen MR) is 61.4 cm³/mol. The van der Waals surface area contributed by atoms with Gasteiger partial charge in [-0.05, 0) is 6.42 Å². The molecule has 16 heavy (non-hydrogen) atoms. The Morgan fingerprint density at radius 3 is 2.81 bits per heavy atom. The van der Waals surface area contributed by atoms with Crippen LogP contribution in [0.3, 0.4) is 0 Å². The smallest absolute Gasteiger partial charge is 0.231 e. The molecule has 0 radical (unpaired) electrons. The minimum atomic E-state index is 0.222. The van der Waals surface area contributed by atoms with E-state index in [1.165, 1.54) is 0 Å². The summed E-state index contributed by atoms with van der Waals surface area (Å²) >= 11 is 0. The van der Waals surface area contributed by atoms with Crippen LogP contribution in [0.25, 0.3) is 0 Å². The summed E-state index contributed by atoms with van der Waals surface area (Å²) in [5.74, 6) is 1.28. The second kappa shape index (κ2) is 4.48. The van der Waals surface area contributed by atoms with Crippen LogP contribution in [0.15, 0.2) is 0 Å². The lowest BCUT2D eigenvalue weighted by molar-refractivity contribution is 0.195. The maximum Gasteiger partial charge on any atom is 0.231 e. The van der Waals surface area contributed by atoms with Crippen LogP contribution in [0.2, 0.25) is 0 Å². The van der Waals surface area contributed by atoms with Crippen LogP contribution in [0.4, 0.5) is 17.8 Å². The first kappa shape index (κ1) is 10.9. The van der Waals surface area contributed by atoms with Gasteiger partial charge in [-0.3, -0.25) is 0 Å². The fourth-order valence-corrected chi connectivity index (χ4v) is 1.48. The Kier molecular flexibility index (Phi) is 3.04. The van der Waals surface area contributed by atoms with Crippen molar-refractivity contribution in [3.05, 3.63) is 0 Å². The van der Waals surface area contributed by atoms with E-state index in [2.05, 4.69) is 20.3 Å². The van der Waals surface area contributed by atoms with Gasteiger partial charge < -0.3 is 20.7 Å². The zero-order valence-corrected chi connectivity index (χ0v) is 9.47. The Morgan fingerprint density at radius 2 is 2.19 bits per heavy atom. The van der Waals surface area contributed by atoms with Crippen molar-refractivity contribution in [2.24, 2.45) is 0 Å². The molecule has 1 atom stereocenters. The number of nitrogen functional groups attached to an aromatic ring is 1. The minimum Gasteiger partial charge on any atom is -0.379 e. The summed E-state index contributed by atoms with van der Waals surface area (Å²) < 4.78 is 5.26. The molecule has 1 unspecified atom stereocenters. The van der Waals surface area contributed by atoms with Crippen molar-refractivity contribution in [2.45, 2.75) is 12.5 Å². The van der Waals surface area contributed by atoms with Gasteiger partial charge >= 0.3 is 0 Å². The lowest BCUT2D eigenvalue weighted by atomic mass is 10.3. The summed E-state index contributed by atoms with van der Waals surface area (Å²) in [6, 6.07) is 0.261. The summed E-state index contributed by atoms with van der Waals surface area (Å²) in [7, 11) is 3.72. The molecule has 1 aliphatic rings. The van der Waals surface area contributed by atoms with Crippen molar-refractivity contribution < 1.29 is 4.74 Å². The number of nitrogens with zero attached hydrogens (tertiary/aromatic N) is 4. The maximum absolute atomic E-state index is 5.61. The summed E-state index contributed by atoms with van der Waals surface area (Å²) in [5, 5.41) is 3.18. The Morgan fingerprint density at radius 1 is 1.38 bits per heavy atom. The molecule has 7 heteroatoms. The molecule has 88 valence electrons. The van der Waals surface area contributed by atoms with Gasteiger partial charge in [-0.2, -0.15) is 15.0 Å². The molecule has 1 aromatic rings. The SMILES string of the molecule is CN(C)c1nc(N)nc(NC2CCOC2)n1. The zero-order chi connectivity index (χ0) is 11.5. The van der Waals surface area contributed by atoms with Gasteiger partial charge in [0.15, 0.2) is 0 Å². The van der Waals surface area contributed by atoms with E-state index in [-0.39, 0.29) is 12.0 Å².